The average molecular weight is 460 g/mol. The van der Waals surface area contributed by atoms with Crippen LogP contribution in [0.5, 0.6) is 0 Å². The molecule has 3 atom stereocenters. The van der Waals surface area contributed by atoms with E-state index < -0.39 is 6.29 Å². The SMILES string of the molecule is C#Cc1ccc([C@H]2C=C(C(=O)NCc3nc4ccccc4[nH]3)O[C@@H](OCC)[C@H]2CCCO)cc1. The number of amides is 1. The smallest absolute Gasteiger partial charge is 0.286 e. The van der Waals surface area contributed by atoms with Crippen molar-refractivity contribution in [3.63, 3.8) is 0 Å². The maximum atomic E-state index is 13.1. The third kappa shape index (κ3) is 5.30. The molecule has 0 aliphatic carbocycles. The third-order valence-electron chi connectivity index (χ3n) is 5.95. The van der Waals surface area contributed by atoms with Gasteiger partial charge in [0.05, 0.1) is 17.6 Å². The molecule has 0 bridgehead atoms. The minimum absolute atomic E-state index is 0.0595. The van der Waals surface area contributed by atoms with Crippen LogP contribution >= 0.6 is 0 Å². The second-order valence-corrected chi connectivity index (χ2v) is 8.18. The lowest BCUT2D eigenvalue weighted by molar-refractivity contribution is -0.166. The molecule has 1 aliphatic rings. The molecular weight excluding hydrogens is 430 g/mol. The molecule has 7 nitrogen and oxygen atoms in total. The molecule has 0 fully saturated rings. The summed E-state index contributed by atoms with van der Waals surface area (Å²) >= 11 is 0. The molecule has 7 heteroatoms. The van der Waals surface area contributed by atoms with Crippen LogP contribution in [0, 0.1) is 18.3 Å². The molecule has 0 saturated heterocycles. The van der Waals surface area contributed by atoms with Gasteiger partial charge in [0, 0.05) is 30.6 Å². The van der Waals surface area contributed by atoms with Crippen molar-refractivity contribution >= 4 is 16.9 Å². The van der Waals surface area contributed by atoms with Gasteiger partial charge in [-0.05, 0) is 55.7 Å². The van der Waals surface area contributed by atoms with Crippen molar-refractivity contribution in [2.45, 2.75) is 38.5 Å². The van der Waals surface area contributed by atoms with Crippen LogP contribution in [0.3, 0.4) is 0 Å². The monoisotopic (exact) mass is 459 g/mol. The molecule has 2 heterocycles. The van der Waals surface area contributed by atoms with Crippen molar-refractivity contribution < 1.29 is 19.4 Å². The van der Waals surface area contributed by atoms with E-state index >= 15 is 0 Å². The van der Waals surface area contributed by atoms with Crippen molar-refractivity contribution in [1.82, 2.24) is 15.3 Å². The molecule has 3 aromatic rings. The number of H-pyrrole nitrogens is 1. The summed E-state index contributed by atoms with van der Waals surface area (Å²) in [6.45, 7) is 2.65. The van der Waals surface area contributed by atoms with E-state index in [1.807, 2.05) is 61.5 Å². The minimum Gasteiger partial charge on any atom is -0.459 e. The number of ether oxygens (including phenoxy) is 2. The lowest BCUT2D eigenvalue weighted by Gasteiger charge is -2.37. The summed E-state index contributed by atoms with van der Waals surface area (Å²) in [5.74, 6) is 2.97. The van der Waals surface area contributed by atoms with E-state index in [0.29, 0.717) is 25.3 Å². The number of aliphatic hydroxyl groups excluding tert-OH is 1. The van der Waals surface area contributed by atoms with E-state index in [-0.39, 0.29) is 36.7 Å². The van der Waals surface area contributed by atoms with Gasteiger partial charge in [0.1, 0.15) is 5.82 Å². The second kappa shape index (κ2) is 11.0. The lowest BCUT2D eigenvalue weighted by Crippen LogP contribution is -2.39. The van der Waals surface area contributed by atoms with Gasteiger partial charge in [0.2, 0.25) is 6.29 Å². The van der Waals surface area contributed by atoms with Gasteiger partial charge in [-0.15, -0.1) is 6.42 Å². The first kappa shape index (κ1) is 23.6. The van der Waals surface area contributed by atoms with Crippen molar-refractivity contribution in [3.8, 4) is 12.3 Å². The van der Waals surface area contributed by atoms with Crippen LogP contribution in [0.2, 0.25) is 0 Å². The number of fused-ring (bicyclic) bond motifs is 1. The first-order valence-electron chi connectivity index (χ1n) is 11.5. The predicted octanol–water partition coefficient (Wildman–Crippen LogP) is 3.61. The molecule has 3 N–H and O–H groups in total. The maximum absolute atomic E-state index is 13.1. The Morgan fingerprint density at radius 3 is 2.76 bits per heavy atom. The molecule has 1 amide bonds. The summed E-state index contributed by atoms with van der Waals surface area (Å²) < 4.78 is 11.9. The number of imidazole rings is 1. The zero-order chi connectivity index (χ0) is 23.9. The van der Waals surface area contributed by atoms with Crippen LogP contribution in [0.4, 0.5) is 0 Å². The van der Waals surface area contributed by atoms with Crippen LogP contribution < -0.4 is 5.32 Å². The number of nitrogens with zero attached hydrogens (tertiary/aromatic N) is 1. The van der Waals surface area contributed by atoms with Crippen LogP contribution in [-0.4, -0.2) is 40.5 Å². The highest BCUT2D eigenvalue weighted by Crippen LogP contribution is 2.39. The summed E-state index contributed by atoms with van der Waals surface area (Å²) in [7, 11) is 0. The van der Waals surface area contributed by atoms with Gasteiger partial charge in [0.15, 0.2) is 5.76 Å². The highest BCUT2D eigenvalue weighted by molar-refractivity contribution is 5.91. The number of carbonyl (C=O) groups excluding carboxylic acids is 1. The Morgan fingerprint density at radius 2 is 2.06 bits per heavy atom. The number of rotatable bonds is 9. The highest BCUT2D eigenvalue weighted by atomic mass is 16.7. The van der Waals surface area contributed by atoms with Gasteiger partial charge in [-0.3, -0.25) is 4.79 Å². The zero-order valence-electron chi connectivity index (χ0n) is 19.2. The molecule has 4 rings (SSSR count). The Bertz CT molecular complexity index is 1160. The number of terminal acetylenes is 1. The first-order valence-corrected chi connectivity index (χ1v) is 11.5. The molecular formula is C27H29N3O4. The van der Waals surface area contributed by atoms with Gasteiger partial charge in [0.25, 0.3) is 5.91 Å². The molecule has 0 saturated carbocycles. The normalized spacial score (nSPS) is 19.8. The van der Waals surface area contributed by atoms with Crippen molar-refractivity contribution in [3.05, 3.63) is 77.3 Å². The first-order chi connectivity index (χ1) is 16.6. The number of nitrogens with one attached hydrogen (secondary N) is 2. The van der Waals surface area contributed by atoms with Crippen LogP contribution in [0.25, 0.3) is 11.0 Å². The summed E-state index contributed by atoms with van der Waals surface area (Å²) in [6.07, 6.45) is 8.05. The zero-order valence-corrected chi connectivity index (χ0v) is 19.2. The fourth-order valence-electron chi connectivity index (χ4n) is 4.29. The Morgan fingerprint density at radius 1 is 1.26 bits per heavy atom. The molecule has 1 aromatic heterocycles. The van der Waals surface area contributed by atoms with Crippen molar-refractivity contribution in [2.24, 2.45) is 5.92 Å². The van der Waals surface area contributed by atoms with E-state index in [1.54, 1.807) is 0 Å². The number of aliphatic hydroxyl groups is 1. The maximum Gasteiger partial charge on any atom is 0.286 e. The highest BCUT2D eigenvalue weighted by Gasteiger charge is 2.37. The summed E-state index contributed by atoms with van der Waals surface area (Å²) in [5.41, 5.74) is 3.56. The molecule has 2 aromatic carbocycles. The van der Waals surface area contributed by atoms with Crippen LogP contribution in [0.1, 0.15) is 42.6 Å². The van der Waals surface area contributed by atoms with E-state index in [9.17, 15) is 9.90 Å². The Labute approximate surface area is 199 Å². The van der Waals surface area contributed by atoms with Gasteiger partial charge >= 0.3 is 0 Å². The molecule has 1 aliphatic heterocycles. The molecule has 0 unspecified atom stereocenters. The van der Waals surface area contributed by atoms with E-state index in [2.05, 4.69) is 21.2 Å². The third-order valence-corrected chi connectivity index (χ3v) is 5.95. The second-order valence-electron chi connectivity index (χ2n) is 8.18. The number of allylic oxidation sites excluding steroid dienone is 1. The number of benzene rings is 2. The quantitative estimate of drug-likeness (QED) is 0.425. The molecule has 0 spiro atoms. The van der Waals surface area contributed by atoms with Crippen molar-refractivity contribution in [1.29, 1.82) is 0 Å². The number of hydrogen-bond acceptors (Lipinski definition) is 5. The topological polar surface area (TPSA) is 96.5 Å². The van der Waals surface area contributed by atoms with Crippen LogP contribution in [0.15, 0.2) is 60.4 Å². The molecule has 176 valence electrons. The van der Waals surface area contributed by atoms with Crippen LogP contribution in [-0.2, 0) is 20.8 Å². The Balaban J connectivity index is 1.57. The van der Waals surface area contributed by atoms with Crippen molar-refractivity contribution in [2.75, 3.05) is 13.2 Å². The van der Waals surface area contributed by atoms with E-state index in [1.165, 1.54) is 0 Å². The number of para-hydroxylation sites is 2. The predicted molar refractivity (Wildman–Crippen MR) is 129 cm³/mol. The van der Waals surface area contributed by atoms with Gasteiger partial charge in [-0.2, -0.15) is 0 Å². The van der Waals surface area contributed by atoms with Gasteiger partial charge in [-0.1, -0.05) is 30.2 Å². The summed E-state index contributed by atoms with van der Waals surface area (Å²) in [5, 5.41) is 12.3. The number of aromatic amines is 1. The van der Waals surface area contributed by atoms with E-state index in [0.717, 1.165) is 22.2 Å². The Kier molecular flexibility index (Phi) is 7.63. The fraction of sp³-hybridized carbons (Fsp3) is 0.333. The summed E-state index contributed by atoms with van der Waals surface area (Å²) in [6, 6.07) is 15.4. The summed E-state index contributed by atoms with van der Waals surface area (Å²) in [4.78, 5) is 20.8. The largest absolute Gasteiger partial charge is 0.459 e. The Hall–Kier alpha value is -3.60. The van der Waals surface area contributed by atoms with Gasteiger partial charge in [-0.25, -0.2) is 4.98 Å². The minimum atomic E-state index is -0.606. The lowest BCUT2D eigenvalue weighted by atomic mass is 9.80. The van der Waals surface area contributed by atoms with E-state index in [4.69, 9.17) is 15.9 Å². The standard InChI is InChI=1S/C27H29N3O4/c1-3-18-11-13-19(14-12-18)21-16-24(34-27(33-4-2)20(21)8-7-15-31)26(32)28-17-25-29-22-9-5-6-10-23(22)30-25/h1,5-6,9-14,16,20-21,27,31H,4,7-8,15,17H2,2H3,(H,28,32)(H,29,30)/t20-,21+,27+/m0/s1. The molecule has 34 heavy (non-hydrogen) atoms. The number of carbonyl (C=O) groups is 1. The average Bonchev–Trinajstić information content (AvgIpc) is 3.29. The molecule has 0 radical (unpaired) electrons. The number of hydrogen-bond donors (Lipinski definition) is 3. The fourth-order valence-corrected chi connectivity index (χ4v) is 4.29. The number of aromatic nitrogens is 2. The van der Waals surface area contributed by atoms with Gasteiger partial charge < -0.3 is 24.9 Å².